The van der Waals surface area contributed by atoms with Gasteiger partial charge in [0.2, 0.25) is 0 Å². The van der Waals surface area contributed by atoms with Gasteiger partial charge in [0.05, 0.1) is 7.11 Å². The molecule has 1 heterocycles. The number of benzene rings is 3. The first-order valence-electron chi connectivity index (χ1n) is 16.0. The summed E-state index contributed by atoms with van der Waals surface area (Å²) in [5.41, 5.74) is 5.49. The van der Waals surface area contributed by atoms with Crippen LogP contribution < -0.4 is 14.8 Å². The Balaban J connectivity index is 1.39. The van der Waals surface area contributed by atoms with Crippen LogP contribution in [0.3, 0.4) is 0 Å². The highest BCUT2D eigenvalue weighted by atomic mass is 35.5. The Morgan fingerprint density at radius 2 is 1.43 bits per heavy atom. The molecule has 244 valence electrons. The number of amides is 1. The predicted octanol–water partition coefficient (Wildman–Crippen LogP) is 8.25. The minimum absolute atomic E-state index is 0.0710. The fraction of sp³-hybridized carbons (Fsp3) is 0.359. The number of nitrogens with zero attached hydrogens (tertiary/aromatic N) is 1. The molecule has 3 aromatic rings. The molecular formula is C39H41ClN2O5. The normalized spacial score (nSPS) is 18.9. The summed E-state index contributed by atoms with van der Waals surface area (Å²) in [6.45, 7) is 8.92. The minimum atomic E-state index is -0.518. The van der Waals surface area contributed by atoms with Crippen LogP contribution in [0.4, 0.5) is 5.69 Å². The number of Topliss-reactive ketones (excluding diaryl/α,β-unsaturated/α-hetero) is 2. The van der Waals surface area contributed by atoms with E-state index in [1.54, 1.807) is 37.4 Å². The maximum Gasteiger partial charge on any atom is 0.262 e. The zero-order valence-electron chi connectivity index (χ0n) is 27.6. The molecule has 0 fully saturated rings. The van der Waals surface area contributed by atoms with Gasteiger partial charge >= 0.3 is 0 Å². The molecule has 1 amide bonds. The number of carbonyl (C=O) groups excluding carboxylic acids is 3. The fourth-order valence-electron chi connectivity index (χ4n) is 7.19. The summed E-state index contributed by atoms with van der Waals surface area (Å²) in [6, 6.07) is 22.6. The van der Waals surface area contributed by atoms with Gasteiger partial charge in [-0.1, -0.05) is 75.7 Å². The van der Waals surface area contributed by atoms with Crippen LogP contribution in [-0.2, 0) is 20.9 Å². The smallest absolute Gasteiger partial charge is 0.262 e. The fourth-order valence-corrected chi connectivity index (χ4v) is 7.32. The number of anilines is 1. The van der Waals surface area contributed by atoms with Crippen molar-refractivity contribution in [2.75, 3.05) is 19.0 Å². The molecular weight excluding hydrogens is 612 g/mol. The molecule has 8 heteroatoms. The van der Waals surface area contributed by atoms with Crippen molar-refractivity contribution in [1.82, 2.24) is 4.90 Å². The van der Waals surface area contributed by atoms with E-state index in [0.717, 1.165) is 35.4 Å². The molecule has 6 rings (SSSR count). The third kappa shape index (κ3) is 6.86. The topological polar surface area (TPSA) is 84.9 Å². The molecule has 1 aliphatic heterocycles. The van der Waals surface area contributed by atoms with E-state index in [9.17, 15) is 14.4 Å². The summed E-state index contributed by atoms with van der Waals surface area (Å²) in [4.78, 5) is 43.3. The molecule has 47 heavy (non-hydrogen) atoms. The summed E-state index contributed by atoms with van der Waals surface area (Å²) in [6.07, 6.45) is 2.27. The van der Waals surface area contributed by atoms with E-state index >= 15 is 0 Å². The number of rotatable bonds is 8. The third-order valence-electron chi connectivity index (χ3n) is 9.21. The molecule has 0 bridgehead atoms. The van der Waals surface area contributed by atoms with Gasteiger partial charge in [0.15, 0.2) is 29.7 Å². The number of carbonyl (C=O) groups is 3. The van der Waals surface area contributed by atoms with Crippen molar-refractivity contribution in [3.8, 4) is 11.5 Å². The highest BCUT2D eigenvalue weighted by Crippen LogP contribution is 2.55. The lowest BCUT2D eigenvalue weighted by Crippen LogP contribution is -2.44. The van der Waals surface area contributed by atoms with Gasteiger partial charge in [0, 0.05) is 58.6 Å². The summed E-state index contributed by atoms with van der Waals surface area (Å²) < 4.78 is 11.6. The molecule has 0 saturated heterocycles. The molecule has 1 N–H and O–H groups in total. The van der Waals surface area contributed by atoms with E-state index in [2.05, 4.69) is 50.0 Å². The number of ether oxygens (including phenoxy) is 2. The third-order valence-corrected chi connectivity index (χ3v) is 9.47. The van der Waals surface area contributed by atoms with Crippen LogP contribution in [0.2, 0.25) is 5.02 Å². The summed E-state index contributed by atoms with van der Waals surface area (Å²) in [5.74, 6) is 0.1000. The summed E-state index contributed by atoms with van der Waals surface area (Å²) in [5, 5.41) is 3.37. The van der Waals surface area contributed by atoms with Gasteiger partial charge in [-0.05, 0) is 71.2 Å². The SMILES string of the molecule is COc1cc(C2C3=C(CC(C)(C)CC3=O)N(Cc3ccccc3)C3=C2C(=O)CC(C)(C)C3)ccc1OCC(=O)Nc1ccc(Cl)cc1. The lowest BCUT2D eigenvalue weighted by atomic mass is 9.63. The number of hydrogen-bond donors (Lipinski definition) is 1. The maximum absolute atomic E-state index is 14.2. The van der Waals surface area contributed by atoms with Crippen LogP contribution >= 0.6 is 11.6 Å². The Labute approximate surface area is 281 Å². The van der Waals surface area contributed by atoms with Crippen LogP contribution in [0, 0.1) is 10.8 Å². The molecule has 0 unspecified atom stereocenters. The van der Waals surface area contributed by atoms with E-state index in [1.165, 1.54) is 0 Å². The maximum atomic E-state index is 14.2. The van der Waals surface area contributed by atoms with Crippen molar-refractivity contribution >= 4 is 34.8 Å². The van der Waals surface area contributed by atoms with Gasteiger partial charge in [-0.25, -0.2) is 0 Å². The number of allylic oxidation sites excluding steroid dienone is 4. The van der Waals surface area contributed by atoms with E-state index in [0.29, 0.717) is 52.7 Å². The molecule has 7 nitrogen and oxygen atoms in total. The van der Waals surface area contributed by atoms with Crippen molar-refractivity contribution in [1.29, 1.82) is 0 Å². The van der Waals surface area contributed by atoms with Crippen molar-refractivity contribution in [3.05, 3.63) is 111 Å². The first-order chi connectivity index (χ1) is 22.3. The predicted molar refractivity (Wildman–Crippen MR) is 183 cm³/mol. The Morgan fingerprint density at radius 1 is 0.830 bits per heavy atom. The average molecular weight is 653 g/mol. The zero-order valence-corrected chi connectivity index (χ0v) is 28.4. The number of methoxy groups -OCH3 is 1. The van der Waals surface area contributed by atoms with Gasteiger partial charge in [-0.3, -0.25) is 14.4 Å². The molecule has 0 spiro atoms. The monoisotopic (exact) mass is 652 g/mol. The Hall–Kier alpha value is -4.36. The molecule has 0 radical (unpaired) electrons. The van der Waals surface area contributed by atoms with Crippen LogP contribution in [0.1, 0.15) is 70.4 Å². The molecule has 3 aromatic carbocycles. The average Bonchev–Trinajstić information content (AvgIpc) is 3.01. The second-order valence-corrected chi connectivity index (χ2v) is 14.8. The molecule has 0 atom stereocenters. The summed E-state index contributed by atoms with van der Waals surface area (Å²) >= 11 is 5.95. The lowest BCUT2D eigenvalue weighted by Gasteiger charge is -2.49. The van der Waals surface area contributed by atoms with Crippen LogP contribution in [0.15, 0.2) is 95.3 Å². The van der Waals surface area contributed by atoms with Gasteiger partial charge in [0.25, 0.3) is 5.91 Å². The number of nitrogens with one attached hydrogen (secondary N) is 1. The van der Waals surface area contributed by atoms with Crippen molar-refractivity contribution in [2.45, 2.75) is 65.8 Å². The lowest BCUT2D eigenvalue weighted by molar-refractivity contribution is -0.120. The van der Waals surface area contributed by atoms with Crippen molar-refractivity contribution in [3.63, 3.8) is 0 Å². The van der Waals surface area contributed by atoms with Crippen LogP contribution in [0.5, 0.6) is 11.5 Å². The Kier molecular flexibility index (Phi) is 8.79. The number of ketones is 2. The highest BCUT2D eigenvalue weighted by molar-refractivity contribution is 6.30. The van der Waals surface area contributed by atoms with E-state index in [-0.39, 0.29) is 34.9 Å². The second-order valence-electron chi connectivity index (χ2n) is 14.4. The zero-order chi connectivity index (χ0) is 33.5. The van der Waals surface area contributed by atoms with Crippen LogP contribution in [-0.4, -0.2) is 36.1 Å². The minimum Gasteiger partial charge on any atom is -0.493 e. The standard InChI is InChI=1S/C39H41ClN2O5/c1-38(2)18-28-36(30(43)20-38)35(37-29(19-39(3,4)21-31(37)44)42(28)22-24-9-7-6-8-10-24)25-11-16-32(33(17-25)46-5)47-23-34(45)41-27-14-12-26(40)13-15-27/h6-17,35H,18-23H2,1-5H3,(H,41,45). The van der Waals surface area contributed by atoms with Crippen LogP contribution in [0.25, 0.3) is 0 Å². The van der Waals surface area contributed by atoms with E-state index in [4.69, 9.17) is 21.1 Å². The summed E-state index contributed by atoms with van der Waals surface area (Å²) in [7, 11) is 1.54. The van der Waals surface area contributed by atoms with E-state index in [1.807, 2.05) is 30.3 Å². The van der Waals surface area contributed by atoms with Crippen molar-refractivity contribution < 1.29 is 23.9 Å². The molecule has 0 saturated carbocycles. The molecule has 0 aromatic heterocycles. The first-order valence-corrected chi connectivity index (χ1v) is 16.4. The quantitative estimate of drug-likeness (QED) is 0.264. The molecule has 3 aliphatic rings. The second kappa shape index (κ2) is 12.7. The van der Waals surface area contributed by atoms with Crippen molar-refractivity contribution in [2.24, 2.45) is 10.8 Å². The Bertz CT molecular complexity index is 1740. The number of halogens is 1. The largest absolute Gasteiger partial charge is 0.493 e. The van der Waals surface area contributed by atoms with Gasteiger partial charge in [0.1, 0.15) is 0 Å². The molecule has 2 aliphatic carbocycles. The van der Waals surface area contributed by atoms with Gasteiger partial charge < -0.3 is 19.7 Å². The number of hydrogen-bond acceptors (Lipinski definition) is 6. The van der Waals surface area contributed by atoms with E-state index < -0.39 is 5.92 Å². The first kappa shape index (κ1) is 32.6. The van der Waals surface area contributed by atoms with Gasteiger partial charge in [-0.15, -0.1) is 0 Å². The highest BCUT2D eigenvalue weighted by Gasteiger charge is 2.49. The Morgan fingerprint density at radius 3 is 2.00 bits per heavy atom. The van der Waals surface area contributed by atoms with Gasteiger partial charge in [-0.2, -0.15) is 0 Å².